The Morgan fingerprint density at radius 2 is 2.00 bits per heavy atom. The van der Waals surface area contributed by atoms with Crippen molar-refractivity contribution >= 4 is 33.4 Å². The molecule has 0 atom stereocenters. The van der Waals surface area contributed by atoms with Gasteiger partial charge in [-0.2, -0.15) is 5.10 Å². The number of benzene rings is 1. The average Bonchev–Trinajstić information content (AvgIpc) is 3.19. The van der Waals surface area contributed by atoms with Crippen LogP contribution in [0.4, 0.5) is 0 Å². The van der Waals surface area contributed by atoms with Crippen molar-refractivity contribution in [3.8, 4) is 5.69 Å². The Labute approximate surface area is 155 Å². The molecule has 0 saturated heterocycles. The van der Waals surface area contributed by atoms with Gasteiger partial charge in [-0.05, 0) is 31.0 Å². The molecule has 26 heavy (non-hydrogen) atoms. The van der Waals surface area contributed by atoms with Gasteiger partial charge in [-0.3, -0.25) is 4.79 Å². The molecule has 2 heterocycles. The van der Waals surface area contributed by atoms with Crippen LogP contribution in [0.25, 0.3) is 15.9 Å². The number of carbonyl (C=O) groups excluding carboxylic acids is 2. The number of amides is 1. The van der Waals surface area contributed by atoms with E-state index in [0.29, 0.717) is 17.3 Å². The standard InChI is InChI=1S/C19H21N3O3S/c1-12(2)10-20-17(23)11-25-19(24)16-9-15-13(3)21-22(18(15)26-16)14-7-5-4-6-8-14/h4-9,12H,10-11H2,1-3H3,(H,20,23). The van der Waals surface area contributed by atoms with Crippen molar-refractivity contribution in [3.05, 3.63) is 47.0 Å². The van der Waals surface area contributed by atoms with Crippen LogP contribution in [0, 0.1) is 12.8 Å². The highest BCUT2D eigenvalue weighted by molar-refractivity contribution is 7.20. The van der Waals surface area contributed by atoms with Crippen molar-refractivity contribution in [1.82, 2.24) is 15.1 Å². The summed E-state index contributed by atoms with van der Waals surface area (Å²) in [4.78, 5) is 25.3. The van der Waals surface area contributed by atoms with Gasteiger partial charge in [0.25, 0.3) is 5.91 Å². The van der Waals surface area contributed by atoms with Gasteiger partial charge in [0, 0.05) is 11.9 Å². The molecule has 2 aromatic heterocycles. The first-order chi connectivity index (χ1) is 12.5. The van der Waals surface area contributed by atoms with Crippen LogP contribution >= 0.6 is 11.3 Å². The number of thiophene rings is 1. The molecule has 0 fully saturated rings. The van der Waals surface area contributed by atoms with Crippen LogP contribution in [0.5, 0.6) is 0 Å². The largest absolute Gasteiger partial charge is 0.451 e. The second-order valence-corrected chi connectivity index (χ2v) is 7.47. The summed E-state index contributed by atoms with van der Waals surface area (Å²) in [5.41, 5.74) is 1.77. The van der Waals surface area contributed by atoms with Gasteiger partial charge in [-0.15, -0.1) is 11.3 Å². The fraction of sp³-hybridized carbons (Fsp3) is 0.316. The second kappa shape index (κ2) is 7.70. The SMILES string of the molecule is Cc1nn(-c2ccccc2)c2sc(C(=O)OCC(=O)NCC(C)C)cc12. The number of fused-ring (bicyclic) bond motifs is 1. The molecule has 3 aromatic rings. The van der Waals surface area contributed by atoms with Crippen molar-refractivity contribution < 1.29 is 14.3 Å². The normalized spacial score (nSPS) is 11.1. The van der Waals surface area contributed by atoms with Crippen LogP contribution in [0.3, 0.4) is 0 Å². The molecule has 0 saturated carbocycles. The van der Waals surface area contributed by atoms with Gasteiger partial charge in [0.15, 0.2) is 6.61 Å². The van der Waals surface area contributed by atoms with E-state index < -0.39 is 5.97 Å². The molecule has 0 radical (unpaired) electrons. The molecular weight excluding hydrogens is 350 g/mol. The lowest BCUT2D eigenvalue weighted by atomic mass is 10.2. The maximum Gasteiger partial charge on any atom is 0.348 e. The molecule has 3 rings (SSSR count). The summed E-state index contributed by atoms with van der Waals surface area (Å²) >= 11 is 1.31. The molecular formula is C19H21N3O3S. The first-order valence-electron chi connectivity index (χ1n) is 8.44. The summed E-state index contributed by atoms with van der Waals surface area (Å²) in [5, 5.41) is 8.18. The highest BCUT2D eigenvalue weighted by Crippen LogP contribution is 2.30. The number of hydrogen-bond acceptors (Lipinski definition) is 5. The van der Waals surface area contributed by atoms with Crippen molar-refractivity contribution in [2.24, 2.45) is 5.92 Å². The fourth-order valence-corrected chi connectivity index (χ4v) is 3.54. The lowest BCUT2D eigenvalue weighted by molar-refractivity contribution is -0.124. The Morgan fingerprint density at radius 3 is 2.69 bits per heavy atom. The number of esters is 1. The first kappa shape index (κ1) is 18.1. The predicted molar refractivity (Wildman–Crippen MR) is 102 cm³/mol. The summed E-state index contributed by atoms with van der Waals surface area (Å²) in [6, 6.07) is 11.5. The summed E-state index contributed by atoms with van der Waals surface area (Å²) in [5.74, 6) is -0.439. The monoisotopic (exact) mass is 371 g/mol. The summed E-state index contributed by atoms with van der Waals surface area (Å²) in [7, 11) is 0. The molecule has 0 aliphatic rings. The maximum atomic E-state index is 12.3. The number of aromatic nitrogens is 2. The lowest BCUT2D eigenvalue weighted by Crippen LogP contribution is -2.31. The molecule has 1 aromatic carbocycles. The van der Waals surface area contributed by atoms with Gasteiger partial charge >= 0.3 is 5.97 Å². The minimum Gasteiger partial charge on any atom is -0.451 e. The number of rotatable bonds is 6. The van der Waals surface area contributed by atoms with Crippen molar-refractivity contribution in [3.63, 3.8) is 0 Å². The highest BCUT2D eigenvalue weighted by Gasteiger charge is 2.18. The minimum atomic E-state index is -0.495. The third kappa shape index (κ3) is 3.94. The molecule has 0 aliphatic carbocycles. The topological polar surface area (TPSA) is 73.2 Å². The summed E-state index contributed by atoms with van der Waals surface area (Å²) < 4.78 is 6.96. The molecule has 0 spiro atoms. The predicted octanol–water partition coefficient (Wildman–Crippen LogP) is 3.32. The molecule has 0 bridgehead atoms. The van der Waals surface area contributed by atoms with E-state index >= 15 is 0 Å². The van der Waals surface area contributed by atoms with Crippen LogP contribution in [-0.2, 0) is 9.53 Å². The summed E-state index contributed by atoms with van der Waals surface area (Å²) in [6.45, 7) is 6.20. The van der Waals surface area contributed by atoms with E-state index in [1.54, 1.807) is 6.07 Å². The Balaban J connectivity index is 1.75. The van der Waals surface area contributed by atoms with Crippen LogP contribution in [0.15, 0.2) is 36.4 Å². The molecule has 0 aliphatic heterocycles. The number of ether oxygens (including phenoxy) is 1. The number of nitrogens with zero attached hydrogens (tertiary/aromatic N) is 2. The lowest BCUT2D eigenvalue weighted by Gasteiger charge is -2.07. The zero-order valence-corrected chi connectivity index (χ0v) is 15.8. The Hall–Kier alpha value is -2.67. The second-order valence-electron chi connectivity index (χ2n) is 6.44. The first-order valence-corrected chi connectivity index (χ1v) is 9.25. The third-order valence-electron chi connectivity index (χ3n) is 3.79. The Bertz CT molecular complexity index is 928. The van der Waals surface area contributed by atoms with Gasteiger partial charge in [0.1, 0.15) is 9.71 Å². The Morgan fingerprint density at radius 1 is 1.27 bits per heavy atom. The molecule has 7 heteroatoms. The van der Waals surface area contributed by atoms with Crippen molar-refractivity contribution in [2.75, 3.05) is 13.2 Å². The number of hydrogen-bond donors (Lipinski definition) is 1. The molecule has 0 unspecified atom stereocenters. The van der Waals surface area contributed by atoms with Gasteiger partial charge in [-0.25, -0.2) is 9.48 Å². The van der Waals surface area contributed by atoms with Gasteiger partial charge in [-0.1, -0.05) is 32.0 Å². The molecule has 1 amide bonds. The highest BCUT2D eigenvalue weighted by atomic mass is 32.1. The zero-order chi connectivity index (χ0) is 18.7. The van der Waals surface area contributed by atoms with Crippen molar-refractivity contribution in [1.29, 1.82) is 0 Å². The van der Waals surface area contributed by atoms with E-state index in [1.165, 1.54) is 11.3 Å². The molecule has 136 valence electrons. The van der Waals surface area contributed by atoms with Gasteiger partial charge in [0.2, 0.25) is 0 Å². The fourth-order valence-electron chi connectivity index (χ4n) is 2.46. The van der Waals surface area contributed by atoms with E-state index in [0.717, 1.165) is 21.6 Å². The molecule has 6 nitrogen and oxygen atoms in total. The van der Waals surface area contributed by atoms with E-state index in [1.807, 2.05) is 55.8 Å². The van der Waals surface area contributed by atoms with E-state index in [9.17, 15) is 9.59 Å². The van der Waals surface area contributed by atoms with Crippen LogP contribution < -0.4 is 5.32 Å². The van der Waals surface area contributed by atoms with Crippen molar-refractivity contribution in [2.45, 2.75) is 20.8 Å². The number of para-hydroxylation sites is 1. The average molecular weight is 371 g/mol. The van der Waals surface area contributed by atoms with E-state index in [4.69, 9.17) is 4.74 Å². The minimum absolute atomic E-state index is 0.274. The van der Waals surface area contributed by atoms with Crippen LogP contribution in [-0.4, -0.2) is 34.8 Å². The van der Waals surface area contributed by atoms with Gasteiger partial charge in [0.05, 0.1) is 11.4 Å². The van der Waals surface area contributed by atoms with Crippen LogP contribution in [0.2, 0.25) is 0 Å². The summed E-state index contributed by atoms with van der Waals surface area (Å²) in [6.07, 6.45) is 0. The number of aryl methyl sites for hydroxylation is 1. The van der Waals surface area contributed by atoms with E-state index in [2.05, 4.69) is 10.4 Å². The Kier molecular flexibility index (Phi) is 5.37. The third-order valence-corrected chi connectivity index (χ3v) is 4.88. The zero-order valence-electron chi connectivity index (χ0n) is 15.0. The smallest absolute Gasteiger partial charge is 0.348 e. The van der Waals surface area contributed by atoms with Gasteiger partial charge < -0.3 is 10.1 Å². The quantitative estimate of drug-likeness (QED) is 0.675. The van der Waals surface area contributed by atoms with Crippen LogP contribution in [0.1, 0.15) is 29.2 Å². The number of nitrogens with one attached hydrogen (secondary N) is 1. The molecule has 1 N–H and O–H groups in total. The maximum absolute atomic E-state index is 12.3. The number of carbonyl (C=O) groups is 2. The van der Waals surface area contributed by atoms with E-state index in [-0.39, 0.29) is 12.5 Å².